The van der Waals surface area contributed by atoms with Crippen LogP contribution in [0.1, 0.15) is 27.8 Å². The first-order chi connectivity index (χ1) is 33.2. The van der Waals surface area contributed by atoms with E-state index in [2.05, 4.69) is 51.6 Å². The van der Waals surface area contributed by atoms with Crippen molar-refractivity contribution in [3.05, 3.63) is 216 Å². The highest BCUT2D eigenvalue weighted by atomic mass is 19.4. The zero-order valence-corrected chi connectivity index (χ0v) is 35.7. The first-order valence-corrected chi connectivity index (χ1v) is 21.6. The van der Waals surface area contributed by atoms with Crippen molar-refractivity contribution in [3.63, 3.8) is 0 Å². The predicted molar refractivity (Wildman–Crippen MR) is 261 cm³/mol. The highest BCUT2D eigenvalue weighted by Crippen LogP contribution is 2.48. The number of fused-ring (bicyclic) bond motifs is 6. The number of nitrogens with zero attached hydrogens (tertiary/aromatic N) is 6. The lowest BCUT2D eigenvalue weighted by molar-refractivity contribution is -0.137. The average molecular weight is 881 g/mol. The summed E-state index contributed by atoms with van der Waals surface area (Å²) in [4.78, 5) is 0. The normalized spacial score (nSPS) is 11.4. The number of alkyl halides is 3. The number of nitriles is 4. The second kappa shape index (κ2) is 16.1. The lowest BCUT2D eigenvalue weighted by Gasteiger charge is -2.23. The molecule has 0 N–H and O–H groups in total. The molecule has 11 aromatic rings. The highest BCUT2D eigenvalue weighted by Gasteiger charge is 2.32. The van der Waals surface area contributed by atoms with Gasteiger partial charge >= 0.3 is 6.18 Å². The van der Waals surface area contributed by atoms with Crippen LogP contribution in [0.2, 0.25) is 0 Å². The van der Waals surface area contributed by atoms with E-state index in [9.17, 15) is 34.2 Å². The van der Waals surface area contributed by atoms with Crippen LogP contribution in [0.3, 0.4) is 0 Å². The van der Waals surface area contributed by atoms with Crippen molar-refractivity contribution >= 4 is 43.6 Å². The van der Waals surface area contributed by atoms with Gasteiger partial charge in [0.05, 0.1) is 85.5 Å². The molecule has 2 heterocycles. The number of halogens is 3. The molecule has 0 aliphatic carbocycles. The van der Waals surface area contributed by atoms with E-state index in [1.165, 1.54) is 6.07 Å². The molecule has 11 rings (SSSR count). The van der Waals surface area contributed by atoms with Crippen LogP contribution < -0.4 is 0 Å². The molecule has 9 aromatic carbocycles. The second-order valence-corrected chi connectivity index (χ2v) is 16.4. The molecular formula is C59H31F3N6. The summed E-state index contributed by atoms with van der Waals surface area (Å²) < 4.78 is 47.0. The molecule has 0 fully saturated rings. The Balaban J connectivity index is 1.24. The van der Waals surface area contributed by atoms with Crippen LogP contribution in [0.4, 0.5) is 13.2 Å². The second-order valence-electron chi connectivity index (χ2n) is 16.4. The third-order valence-electron chi connectivity index (χ3n) is 12.7. The minimum Gasteiger partial charge on any atom is -0.309 e. The van der Waals surface area contributed by atoms with Crippen molar-refractivity contribution in [2.75, 3.05) is 0 Å². The van der Waals surface area contributed by atoms with E-state index < -0.39 is 11.7 Å². The molecule has 0 saturated heterocycles. The fourth-order valence-corrected chi connectivity index (χ4v) is 9.64. The fraction of sp³-hybridized carbons (Fsp3) is 0.0169. The molecule has 0 saturated carbocycles. The smallest absolute Gasteiger partial charge is 0.309 e. The van der Waals surface area contributed by atoms with Crippen molar-refractivity contribution in [3.8, 4) is 80.2 Å². The van der Waals surface area contributed by atoms with E-state index in [-0.39, 0.29) is 11.1 Å². The molecule has 2 aromatic heterocycles. The van der Waals surface area contributed by atoms with Gasteiger partial charge in [-0.2, -0.15) is 34.2 Å². The Morgan fingerprint density at radius 2 is 0.824 bits per heavy atom. The van der Waals surface area contributed by atoms with Gasteiger partial charge in [0.2, 0.25) is 0 Å². The van der Waals surface area contributed by atoms with Crippen LogP contribution in [0, 0.1) is 45.3 Å². The molecule has 6 nitrogen and oxygen atoms in total. The maximum atomic E-state index is 14.2. The number of hydrogen-bond donors (Lipinski definition) is 0. The number of para-hydroxylation sites is 2. The van der Waals surface area contributed by atoms with E-state index in [0.717, 1.165) is 78.0 Å². The number of aromatic nitrogens is 2. The van der Waals surface area contributed by atoms with E-state index in [1.54, 1.807) is 36.4 Å². The largest absolute Gasteiger partial charge is 0.416 e. The maximum absolute atomic E-state index is 14.2. The van der Waals surface area contributed by atoms with Crippen LogP contribution in [0.5, 0.6) is 0 Å². The Labute approximate surface area is 387 Å². The maximum Gasteiger partial charge on any atom is 0.416 e. The monoisotopic (exact) mass is 880 g/mol. The summed E-state index contributed by atoms with van der Waals surface area (Å²) in [5.74, 6) is 0. The molecule has 0 aliphatic rings. The van der Waals surface area contributed by atoms with Crippen LogP contribution in [0.25, 0.3) is 99.5 Å². The van der Waals surface area contributed by atoms with Crippen LogP contribution >= 0.6 is 0 Å². The van der Waals surface area contributed by atoms with Gasteiger partial charge in [-0.25, -0.2) is 0 Å². The zero-order valence-electron chi connectivity index (χ0n) is 35.7. The number of benzene rings is 9. The summed E-state index contributed by atoms with van der Waals surface area (Å²) in [7, 11) is 0. The number of hydrogen-bond acceptors (Lipinski definition) is 4. The van der Waals surface area contributed by atoms with Gasteiger partial charge in [-0.05, 0) is 119 Å². The van der Waals surface area contributed by atoms with Gasteiger partial charge in [-0.1, -0.05) is 97.1 Å². The third-order valence-corrected chi connectivity index (χ3v) is 12.7. The van der Waals surface area contributed by atoms with Gasteiger partial charge in [-0.3, -0.25) is 0 Å². The summed E-state index contributed by atoms with van der Waals surface area (Å²) in [6.07, 6.45) is -4.69. The van der Waals surface area contributed by atoms with E-state index in [0.29, 0.717) is 44.8 Å². The van der Waals surface area contributed by atoms with Gasteiger partial charge in [-0.15, -0.1) is 0 Å². The summed E-state index contributed by atoms with van der Waals surface area (Å²) in [6.45, 7) is 0. The zero-order chi connectivity index (χ0) is 46.7. The molecule has 9 heteroatoms. The van der Waals surface area contributed by atoms with Crippen LogP contribution in [-0.2, 0) is 6.18 Å². The lowest BCUT2D eigenvalue weighted by Crippen LogP contribution is -2.07. The lowest BCUT2D eigenvalue weighted by atomic mass is 9.87. The molecule has 318 valence electrons. The van der Waals surface area contributed by atoms with Gasteiger partial charge in [0.25, 0.3) is 0 Å². The van der Waals surface area contributed by atoms with Crippen molar-refractivity contribution in [2.24, 2.45) is 0 Å². The summed E-state index contributed by atoms with van der Waals surface area (Å²) in [5, 5.41) is 44.4. The van der Waals surface area contributed by atoms with Crippen molar-refractivity contribution in [1.82, 2.24) is 9.13 Å². The van der Waals surface area contributed by atoms with E-state index in [4.69, 9.17) is 0 Å². The number of rotatable bonds is 6. The van der Waals surface area contributed by atoms with Gasteiger partial charge in [0.15, 0.2) is 0 Å². The summed E-state index contributed by atoms with van der Waals surface area (Å²) >= 11 is 0. The Morgan fingerprint density at radius 1 is 0.353 bits per heavy atom. The van der Waals surface area contributed by atoms with Crippen molar-refractivity contribution < 1.29 is 13.2 Å². The molecule has 0 bridgehead atoms. The molecule has 0 radical (unpaired) electrons. The van der Waals surface area contributed by atoms with E-state index in [1.807, 2.05) is 115 Å². The van der Waals surface area contributed by atoms with Crippen molar-refractivity contribution in [1.29, 1.82) is 21.0 Å². The standard InChI is InChI=1S/C59H31F3N6/c60-59(61,62)44-25-26-45(43(29-44)35-66)48-10-6-14-56(68-52-12-4-2-9-47(52)50-31-41(24-28-54(50)68)39-21-17-37(33-64)18-22-39)58(48)57-42(34-65)7-5-13-55(57)67-51-11-3-1-8-46(51)49-30-40(23-27-53(49)67)38-19-15-36(32-63)16-20-38/h1-31H. The Bertz CT molecular complexity index is 4050. The quantitative estimate of drug-likeness (QED) is 0.166. The minimum atomic E-state index is -4.69. The molecule has 68 heavy (non-hydrogen) atoms. The highest BCUT2D eigenvalue weighted by molar-refractivity contribution is 6.13. The summed E-state index contributed by atoms with van der Waals surface area (Å²) in [5.41, 5.74) is 10.5. The first kappa shape index (κ1) is 41.1. The minimum absolute atomic E-state index is 0.171. The Hall–Kier alpha value is -9.67. The SMILES string of the molecule is N#Cc1ccc(-c2ccc3c(c2)c2ccccc2n3-c2cccc(C#N)c2-c2c(-c3ccc(C(F)(F)F)cc3C#N)cccc2-n2c3ccccc3c3cc(-c4ccc(C#N)cc4)ccc32)cc1. The average Bonchev–Trinajstić information content (AvgIpc) is 3.89. The van der Waals surface area contributed by atoms with E-state index >= 15 is 0 Å². The molecular weight excluding hydrogens is 850 g/mol. The molecule has 0 aliphatic heterocycles. The Kier molecular flexibility index (Phi) is 9.72. The van der Waals surface area contributed by atoms with Gasteiger partial charge in [0.1, 0.15) is 0 Å². The first-order valence-electron chi connectivity index (χ1n) is 21.6. The molecule has 0 amide bonds. The van der Waals surface area contributed by atoms with Crippen LogP contribution in [0.15, 0.2) is 188 Å². The molecule has 0 atom stereocenters. The molecule has 0 spiro atoms. The van der Waals surface area contributed by atoms with Gasteiger partial charge < -0.3 is 9.13 Å². The fourth-order valence-electron chi connectivity index (χ4n) is 9.64. The Morgan fingerprint density at radius 3 is 1.32 bits per heavy atom. The third kappa shape index (κ3) is 6.63. The van der Waals surface area contributed by atoms with Crippen LogP contribution in [-0.4, -0.2) is 9.13 Å². The summed E-state index contributed by atoms with van der Waals surface area (Å²) in [6, 6.07) is 66.4. The molecule has 0 unspecified atom stereocenters. The van der Waals surface area contributed by atoms with Gasteiger partial charge in [0, 0.05) is 38.2 Å². The predicted octanol–water partition coefficient (Wildman–Crippen LogP) is 15.1. The van der Waals surface area contributed by atoms with Crippen molar-refractivity contribution in [2.45, 2.75) is 6.18 Å². The topological polar surface area (TPSA) is 105 Å².